The highest BCUT2D eigenvalue weighted by molar-refractivity contribution is 7.93. The van der Waals surface area contributed by atoms with Crippen molar-refractivity contribution in [3.05, 3.63) is 34.8 Å². The van der Waals surface area contributed by atoms with Gasteiger partial charge in [0.25, 0.3) is 10.0 Å². The van der Waals surface area contributed by atoms with Gasteiger partial charge in [-0.3, -0.25) is 4.72 Å². The molecule has 0 atom stereocenters. The molecule has 0 saturated carbocycles. The fourth-order valence-corrected chi connectivity index (χ4v) is 3.70. The van der Waals surface area contributed by atoms with Crippen molar-refractivity contribution in [2.45, 2.75) is 18.7 Å². The van der Waals surface area contributed by atoms with Crippen molar-refractivity contribution in [1.82, 2.24) is 4.98 Å². The second-order valence-electron chi connectivity index (χ2n) is 4.58. The van der Waals surface area contributed by atoms with Gasteiger partial charge in [0.1, 0.15) is 12.4 Å². The molecular weight excluding hydrogens is 324 g/mol. The number of anilines is 1. The zero-order chi connectivity index (χ0) is 16.2. The zero-order valence-electron chi connectivity index (χ0n) is 12.6. The Morgan fingerprint density at radius 1 is 1.18 bits per heavy atom. The molecule has 0 aliphatic heterocycles. The summed E-state index contributed by atoms with van der Waals surface area (Å²) >= 11 is 1.31. The van der Waals surface area contributed by atoms with Crippen LogP contribution in [0.25, 0.3) is 0 Å². The lowest BCUT2D eigenvalue weighted by Crippen LogP contribution is -2.12. The first-order chi connectivity index (χ1) is 10.4. The number of thiazole rings is 1. The number of benzene rings is 1. The van der Waals surface area contributed by atoms with Gasteiger partial charge in [0.15, 0.2) is 5.13 Å². The molecule has 1 aromatic carbocycles. The van der Waals surface area contributed by atoms with Crippen molar-refractivity contribution in [2.24, 2.45) is 0 Å². The fourth-order valence-electron chi connectivity index (χ4n) is 1.65. The van der Waals surface area contributed by atoms with E-state index in [0.717, 1.165) is 10.6 Å². The van der Waals surface area contributed by atoms with E-state index in [1.54, 1.807) is 19.2 Å². The van der Waals surface area contributed by atoms with E-state index in [1.165, 1.54) is 23.5 Å². The quantitative estimate of drug-likeness (QED) is 0.783. The maximum atomic E-state index is 12.3. The van der Waals surface area contributed by atoms with Gasteiger partial charge in [-0.1, -0.05) is 0 Å². The van der Waals surface area contributed by atoms with Gasteiger partial charge in [-0.05, 0) is 38.1 Å². The molecule has 8 heteroatoms. The van der Waals surface area contributed by atoms with Crippen LogP contribution in [0.2, 0.25) is 0 Å². The Morgan fingerprint density at radius 3 is 2.41 bits per heavy atom. The van der Waals surface area contributed by atoms with Crippen LogP contribution in [0.3, 0.4) is 0 Å². The summed E-state index contributed by atoms with van der Waals surface area (Å²) in [4.78, 5) is 5.33. The number of hydrogen-bond donors (Lipinski definition) is 1. The van der Waals surface area contributed by atoms with E-state index in [9.17, 15) is 8.42 Å². The Kier molecular flexibility index (Phi) is 5.38. The molecule has 1 N–H and O–H groups in total. The number of hydrogen-bond acceptors (Lipinski definition) is 6. The number of aryl methyl sites for hydroxylation is 2. The molecule has 6 nitrogen and oxygen atoms in total. The van der Waals surface area contributed by atoms with Crippen LogP contribution in [-0.2, 0) is 14.8 Å². The van der Waals surface area contributed by atoms with Crippen molar-refractivity contribution >= 4 is 26.5 Å². The van der Waals surface area contributed by atoms with Gasteiger partial charge in [0.2, 0.25) is 0 Å². The molecule has 1 heterocycles. The molecule has 0 spiro atoms. The molecule has 0 aliphatic rings. The van der Waals surface area contributed by atoms with E-state index in [2.05, 4.69) is 9.71 Å². The summed E-state index contributed by atoms with van der Waals surface area (Å²) in [5, 5.41) is 0.371. The highest BCUT2D eigenvalue weighted by Gasteiger charge is 2.16. The molecule has 0 unspecified atom stereocenters. The lowest BCUT2D eigenvalue weighted by Gasteiger charge is -2.08. The molecule has 1 aromatic heterocycles. The van der Waals surface area contributed by atoms with E-state index >= 15 is 0 Å². The minimum Gasteiger partial charge on any atom is -0.491 e. The predicted octanol–water partition coefficient (Wildman–Crippen LogP) is 2.59. The Balaban J connectivity index is 2.09. The van der Waals surface area contributed by atoms with E-state index in [1.807, 2.05) is 13.8 Å². The third kappa shape index (κ3) is 4.19. The molecule has 2 aromatic rings. The maximum Gasteiger partial charge on any atom is 0.263 e. The zero-order valence-corrected chi connectivity index (χ0v) is 14.3. The number of nitrogens with one attached hydrogen (secondary N) is 1. The van der Waals surface area contributed by atoms with E-state index in [-0.39, 0.29) is 4.90 Å². The van der Waals surface area contributed by atoms with Gasteiger partial charge in [-0.2, -0.15) is 0 Å². The average Bonchev–Trinajstić information content (AvgIpc) is 2.77. The first-order valence-corrected chi connectivity index (χ1v) is 8.91. The molecule has 0 fully saturated rings. The molecule has 22 heavy (non-hydrogen) atoms. The number of rotatable bonds is 7. The fraction of sp³-hybridized carbons (Fsp3) is 0.357. The summed E-state index contributed by atoms with van der Waals surface area (Å²) < 4.78 is 37.3. The number of aromatic nitrogens is 1. The second kappa shape index (κ2) is 7.08. The molecule has 0 bridgehead atoms. The summed E-state index contributed by atoms with van der Waals surface area (Å²) in [7, 11) is -2.05. The van der Waals surface area contributed by atoms with Crippen LogP contribution < -0.4 is 9.46 Å². The van der Waals surface area contributed by atoms with Crippen LogP contribution in [-0.4, -0.2) is 33.7 Å². The van der Waals surface area contributed by atoms with Crippen LogP contribution in [0.5, 0.6) is 5.75 Å². The maximum absolute atomic E-state index is 12.3. The monoisotopic (exact) mass is 342 g/mol. The topological polar surface area (TPSA) is 77.5 Å². The highest BCUT2D eigenvalue weighted by atomic mass is 32.2. The van der Waals surface area contributed by atoms with Gasteiger partial charge in [0.05, 0.1) is 17.2 Å². The molecule has 0 radical (unpaired) electrons. The minimum absolute atomic E-state index is 0.164. The Labute approximate surface area is 134 Å². The summed E-state index contributed by atoms with van der Waals surface area (Å²) in [5.74, 6) is 0.594. The van der Waals surface area contributed by atoms with Gasteiger partial charge in [-0.25, -0.2) is 13.4 Å². The third-order valence-corrected chi connectivity index (χ3v) is 5.41. The highest BCUT2D eigenvalue weighted by Crippen LogP contribution is 2.24. The van der Waals surface area contributed by atoms with Crippen molar-refractivity contribution in [3.8, 4) is 5.75 Å². The first-order valence-electron chi connectivity index (χ1n) is 6.61. The third-order valence-electron chi connectivity index (χ3n) is 2.94. The standard InChI is InChI=1S/C14H18N2O4S2/c1-10-11(2)21-14(15-10)16-22(17,18)13-6-4-12(5-7-13)20-9-8-19-3/h4-7H,8-9H2,1-3H3,(H,15,16). The number of methoxy groups -OCH3 is 1. The molecule has 0 aliphatic carbocycles. The van der Waals surface area contributed by atoms with Crippen molar-refractivity contribution in [1.29, 1.82) is 0 Å². The van der Waals surface area contributed by atoms with Crippen molar-refractivity contribution in [3.63, 3.8) is 0 Å². The average molecular weight is 342 g/mol. The Hall–Kier alpha value is -1.64. The molecule has 2 rings (SSSR count). The normalized spacial score (nSPS) is 11.4. The number of nitrogens with zero attached hydrogens (tertiary/aromatic N) is 1. The van der Waals surface area contributed by atoms with Gasteiger partial charge in [0, 0.05) is 12.0 Å². The lowest BCUT2D eigenvalue weighted by atomic mass is 10.3. The first kappa shape index (κ1) is 16.7. The Morgan fingerprint density at radius 2 is 1.86 bits per heavy atom. The van der Waals surface area contributed by atoms with E-state index in [4.69, 9.17) is 9.47 Å². The van der Waals surface area contributed by atoms with Gasteiger partial charge < -0.3 is 9.47 Å². The molecule has 120 valence electrons. The minimum atomic E-state index is -3.64. The number of ether oxygens (including phenoxy) is 2. The predicted molar refractivity (Wildman–Crippen MR) is 86.2 cm³/mol. The largest absolute Gasteiger partial charge is 0.491 e. The SMILES string of the molecule is COCCOc1ccc(S(=O)(=O)Nc2nc(C)c(C)s2)cc1. The number of sulfonamides is 1. The van der Waals surface area contributed by atoms with E-state index < -0.39 is 10.0 Å². The summed E-state index contributed by atoms with van der Waals surface area (Å²) in [6.45, 7) is 4.63. The molecule has 0 amide bonds. The second-order valence-corrected chi connectivity index (χ2v) is 7.46. The smallest absolute Gasteiger partial charge is 0.263 e. The molecule has 0 saturated heterocycles. The van der Waals surface area contributed by atoms with Crippen LogP contribution in [0, 0.1) is 13.8 Å². The van der Waals surface area contributed by atoms with Crippen LogP contribution >= 0.6 is 11.3 Å². The molecular formula is C14H18N2O4S2. The van der Waals surface area contributed by atoms with Crippen molar-refractivity contribution in [2.75, 3.05) is 25.0 Å². The summed E-state index contributed by atoms with van der Waals surface area (Å²) in [6.07, 6.45) is 0. The van der Waals surface area contributed by atoms with Crippen molar-refractivity contribution < 1.29 is 17.9 Å². The lowest BCUT2D eigenvalue weighted by molar-refractivity contribution is 0.146. The van der Waals surface area contributed by atoms with Crippen LogP contribution in [0.1, 0.15) is 10.6 Å². The summed E-state index contributed by atoms with van der Waals surface area (Å²) in [6, 6.07) is 6.22. The van der Waals surface area contributed by atoms with Crippen LogP contribution in [0.15, 0.2) is 29.2 Å². The van der Waals surface area contributed by atoms with Crippen LogP contribution in [0.4, 0.5) is 5.13 Å². The summed E-state index contributed by atoms with van der Waals surface area (Å²) in [5.41, 5.74) is 0.824. The van der Waals surface area contributed by atoms with Gasteiger partial charge >= 0.3 is 0 Å². The van der Waals surface area contributed by atoms with E-state index in [0.29, 0.717) is 24.1 Å². The van der Waals surface area contributed by atoms with Gasteiger partial charge in [-0.15, -0.1) is 11.3 Å². The Bertz CT molecular complexity index is 704.